The number of aliphatic imine (C=N–C) groups is 1. The number of piperidine rings is 1. The van der Waals surface area contributed by atoms with Crippen LogP contribution in [-0.2, 0) is 13.6 Å². The molecule has 23 heavy (non-hydrogen) atoms. The maximum absolute atomic E-state index is 4.68. The Morgan fingerprint density at radius 1 is 1.26 bits per heavy atom. The van der Waals surface area contributed by atoms with Gasteiger partial charge in [0, 0.05) is 32.5 Å². The van der Waals surface area contributed by atoms with Gasteiger partial charge in [0.05, 0.1) is 6.54 Å². The summed E-state index contributed by atoms with van der Waals surface area (Å²) in [5.74, 6) is 1.80. The number of likely N-dealkylation sites (tertiary alicyclic amines) is 1. The normalized spacial score (nSPS) is 17.4. The molecule has 1 aliphatic heterocycles. The fourth-order valence-corrected chi connectivity index (χ4v) is 3.15. The molecule has 130 valence electrons. The van der Waals surface area contributed by atoms with Crippen LogP contribution < -0.4 is 10.6 Å². The van der Waals surface area contributed by atoms with E-state index in [0.29, 0.717) is 0 Å². The molecule has 2 rings (SSSR count). The SMILES string of the molecule is CCNC(=NCc1ccn(C)c1)NCCC1CCN(CC)CC1. The number of guanidine groups is 1. The maximum atomic E-state index is 4.68. The molecule has 0 bridgehead atoms. The minimum absolute atomic E-state index is 0.727. The molecule has 2 heterocycles. The Labute approximate surface area is 141 Å². The van der Waals surface area contributed by atoms with E-state index in [4.69, 9.17) is 0 Å². The maximum Gasteiger partial charge on any atom is 0.191 e. The molecule has 1 aromatic heterocycles. The molecule has 0 atom stereocenters. The van der Waals surface area contributed by atoms with Gasteiger partial charge < -0.3 is 20.1 Å². The third-order valence-corrected chi connectivity index (χ3v) is 4.66. The van der Waals surface area contributed by atoms with Crippen molar-refractivity contribution in [3.63, 3.8) is 0 Å². The number of hydrogen-bond acceptors (Lipinski definition) is 2. The van der Waals surface area contributed by atoms with Crippen molar-refractivity contribution >= 4 is 5.96 Å². The molecule has 2 N–H and O–H groups in total. The van der Waals surface area contributed by atoms with Gasteiger partial charge >= 0.3 is 0 Å². The summed E-state index contributed by atoms with van der Waals surface area (Å²) < 4.78 is 2.06. The van der Waals surface area contributed by atoms with Gasteiger partial charge in [-0.3, -0.25) is 0 Å². The largest absolute Gasteiger partial charge is 0.357 e. The summed E-state index contributed by atoms with van der Waals surface area (Å²) in [5, 5.41) is 6.83. The van der Waals surface area contributed by atoms with Crippen molar-refractivity contribution in [3.8, 4) is 0 Å². The number of aromatic nitrogens is 1. The molecule has 1 fully saturated rings. The van der Waals surface area contributed by atoms with Crippen LogP contribution in [0.25, 0.3) is 0 Å². The Hall–Kier alpha value is -1.49. The zero-order valence-corrected chi connectivity index (χ0v) is 15.0. The second kappa shape index (κ2) is 9.60. The minimum atomic E-state index is 0.727. The van der Waals surface area contributed by atoms with Crippen LogP contribution in [0.2, 0.25) is 0 Å². The van der Waals surface area contributed by atoms with Crippen LogP contribution in [0.15, 0.2) is 23.5 Å². The van der Waals surface area contributed by atoms with Gasteiger partial charge in [-0.05, 0) is 63.4 Å². The molecule has 0 saturated carbocycles. The predicted molar refractivity (Wildman–Crippen MR) is 97.7 cm³/mol. The zero-order valence-electron chi connectivity index (χ0n) is 15.0. The molecule has 0 spiro atoms. The van der Waals surface area contributed by atoms with Gasteiger partial charge in [0.25, 0.3) is 0 Å². The minimum Gasteiger partial charge on any atom is -0.357 e. The Morgan fingerprint density at radius 3 is 2.65 bits per heavy atom. The summed E-state index contributed by atoms with van der Waals surface area (Å²) in [6.07, 6.45) is 8.11. The van der Waals surface area contributed by atoms with Crippen LogP contribution in [0.1, 0.15) is 38.7 Å². The summed E-state index contributed by atoms with van der Waals surface area (Å²) in [6.45, 7) is 10.7. The quantitative estimate of drug-likeness (QED) is 0.598. The van der Waals surface area contributed by atoms with Crippen LogP contribution >= 0.6 is 0 Å². The lowest BCUT2D eigenvalue weighted by molar-refractivity contribution is 0.187. The summed E-state index contributed by atoms with van der Waals surface area (Å²) in [5.41, 5.74) is 1.25. The van der Waals surface area contributed by atoms with Gasteiger partial charge in [-0.25, -0.2) is 4.99 Å². The van der Waals surface area contributed by atoms with E-state index >= 15 is 0 Å². The van der Waals surface area contributed by atoms with Gasteiger partial charge in [-0.15, -0.1) is 0 Å². The van der Waals surface area contributed by atoms with Crippen molar-refractivity contribution in [1.82, 2.24) is 20.1 Å². The molecule has 0 unspecified atom stereocenters. The van der Waals surface area contributed by atoms with Crippen LogP contribution in [0.4, 0.5) is 0 Å². The van der Waals surface area contributed by atoms with Crippen molar-refractivity contribution in [2.75, 3.05) is 32.7 Å². The second-order valence-corrected chi connectivity index (χ2v) is 6.47. The molecule has 1 saturated heterocycles. The number of rotatable bonds is 7. The average Bonchev–Trinajstić information content (AvgIpc) is 2.99. The number of nitrogens with zero attached hydrogens (tertiary/aromatic N) is 3. The third kappa shape index (κ3) is 6.26. The first-order valence-electron chi connectivity index (χ1n) is 9.06. The van der Waals surface area contributed by atoms with Gasteiger partial charge in [-0.2, -0.15) is 0 Å². The van der Waals surface area contributed by atoms with Gasteiger partial charge in [0.1, 0.15) is 0 Å². The van der Waals surface area contributed by atoms with Gasteiger partial charge in [0.2, 0.25) is 0 Å². The van der Waals surface area contributed by atoms with E-state index in [9.17, 15) is 0 Å². The molecular formula is C18H33N5. The monoisotopic (exact) mass is 319 g/mol. The van der Waals surface area contributed by atoms with Crippen molar-refractivity contribution in [2.45, 2.75) is 39.7 Å². The molecule has 5 nitrogen and oxygen atoms in total. The fourth-order valence-electron chi connectivity index (χ4n) is 3.15. The molecule has 0 radical (unpaired) electrons. The fraction of sp³-hybridized carbons (Fsp3) is 0.722. The zero-order chi connectivity index (χ0) is 16.5. The van der Waals surface area contributed by atoms with Crippen molar-refractivity contribution in [1.29, 1.82) is 0 Å². The van der Waals surface area contributed by atoms with E-state index in [-0.39, 0.29) is 0 Å². The average molecular weight is 319 g/mol. The third-order valence-electron chi connectivity index (χ3n) is 4.66. The predicted octanol–water partition coefficient (Wildman–Crippen LogP) is 2.20. The van der Waals surface area contributed by atoms with E-state index in [2.05, 4.69) is 57.4 Å². The van der Waals surface area contributed by atoms with E-state index in [1.807, 2.05) is 7.05 Å². The van der Waals surface area contributed by atoms with E-state index in [1.165, 1.54) is 44.5 Å². The smallest absolute Gasteiger partial charge is 0.191 e. The van der Waals surface area contributed by atoms with Crippen LogP contribution in [0.3, 0.4) is 0 Å². The van der Waals surface area contributed by atoms with Crippen LogP contribution in [0.5, 0.6) is 0 Å². The Kier molecular flexibility index (Phi) is 7.46. The van der Waals surface area contributed by atoms with Crippen LogP contribution in [0, 0.1) is 5.92 Å². The first-order valence-corrected chi connectivity index (χ1v) is 9.06. The Bertz CT molecular complexity index is 472. The second-order valence-electron chi connectivity index (χ2n) is 6.47. The first kappa shape index (κ1) is 17.9. The number of hydrogen-bond donors (Lipinski definition) is 2. The van der Waals surface area contributed by atoms with E-state index in [1.54, 1.807) is 0 Å². The molecule has 1 aliphatic rings. The van der Waals surface area contributed by atoms with Gasteiger partial charge in [0.15, 0.2) is 5.96 Å². The molecule has 1 aromatic rings. The summed E-state index contributed by atoms with van der Waals surface area (Å²) >= 11 is 0. The molecule has 0 aliphatic carbocycles. The molecule has 5 heteroatoms. The molecular weight excluding hydrogens is 286 g/mol. The Morgan fingerprint density at radius 2 is 2.04 bits per heavy atom. The lowest BCUT2D eigenvalue weighted by Crippen LogP contribution is -2.39. The number of nitrogens with one attached hydrogen (secondary N) is 2. The summed E-state index contributed by atoms with van der Waals surface area (Å²) in [4.78, 5) is 7.23. The first-order chi connectivity index (χ1) is 11.2. The molecule has 0 aromatic carbocycles. The lowest BCUT2D eigenvalue weighted by Gasteiger charge is -2.31. The Balaban J connectivity index is 1.71. The van der Waals surface area contributed by atoms with Crippen molar-refractivity contribution < 1.29 is 0 Å². The highest BCUT2D eigenvalue weighted by atomic mass is 15.2. The van der Waals surface area contributed by atoms with Crippen molar-refractivity contribution in [2.24, 2.45) is 18.0 Å². The summed E-state index contributed by atoms with van der Waals surface area (Å²) in [6, 6.07) is 2.12. The molecule has 0 amide bonds. The standard InChI is InChI=1S/C18H33N5/c1-4-19-18(21-14-17-7-11-22(3)15-17)20-10-6-16-8-12-23(5-2)13-9-16/h7,11,15-16H,4-6,8-10,12-14H2,1-3H3,(H2,19,20,21). The number of aryl methyl sites for hydroxylation is 1. The van der Waals surface area contributed by atoms with Crippen LogP contribution in [-0.4, -0.2) is 48.2 Å². The van der Waals surface area contributed by atoms with Crippen molar-refractivity contribution in [3.05, 3.63) is 24.0 Å². The highest BCUT2D eigenvalue weighted by Gasteiger charge is 2.17. The highest BCUT2D eigenvalue weighted by Crippen LogP contribution is 2.19. The topological polar surface area (TPSA) is 44.6 Å². The lowest BCUT2D eigenvalue weighted by atomic mass is 9.93. The van der Waals surface area contributed by atoms with E-state index in [0.717, 1.165) is 31.5 Å². The van der Waals surface area contributed by atoms with Gasteiger partial charge in [-0.1, -0.05) is 6.92 Å². The summed E-state index contributed by atoms with van der Waals surface area (Å²) in [7, 11) is 2.04. The highest BCUT2D eigenvalue weighted by molar-refractivity contribution is 5.79. The van der Waals surface area contributed by atoms with E-state index < -0.39 is 0 Å².